The Kier molecular flexibility index (Phi) is 5.36. The van der Waals surface area contributed by atoms with E-state index < -0.39 is 37.3 Å². The van der Waals surface area contributed by atoms with Gasteiger partial charge in [-0.15, -0.1) is 0 Å². The zero-order valence-corrected chi connectivity index (χ0v) is 14.9. The number of hydrogen-bond donors (Lipinski definition) is 5. The number of ether oxygens (including phenoxy) is 2. The largest absolute Gasteiger partial charge is 0.506 e. The van der Waals surface area contributed by atoms with Crippen LogP contribution in [0.5, 0.6) is 11.5 Å². The molecule has 2 aromatic carbocycles. The van der Waals surface area contributed by atoms with Crippen LogP contribution in [0.3, 0.4) is 0 Å². The van der Waals surface area contributed by atoms with E-state index in [1.165, 1.54) is 13.0 Å². The highest BCUT2D eigenvalue weighted by molar-refractivity contribution is 6.06. The fourth-order valence-electron chi connectivity index (χ4n) is 3.37. The molecule has 1 aliphatic rings. The average Bonchev–Trinajstić information content (AvgIpc) is 2.61. The van der Waals surface area contributed by atoms with Crippen molar-refractivity contribution in [1.82, 2.24) is 0 Å². The van der Waals surface area contributed by atoms with E-state index in [0.717, 1.165) is 0 Å². The van der Waals surface area contributed by atoms with Crippen molar-refractivity contribution in [2.45, 2.75) is 44.6 Å². The van der Waals surface area contributed by atoms with E-state index >= 15 is 0 Å². The molecule has 5 N–H and O–H groups in total. The maximum atomic E-state index is 11.9. The first-order valence-electron chi connectivity index (χ1n) is 8.49. The number of aliphatic hydroxyl groups is 4. The summed E-state index contributed by atoms with van der Waals surface area (Å²) < 4.78 is 11.0. The second-order valence-electron chi connectivity index (χ2n) is 6.64. The summed E-state index contributed by atoms with van der Waals surface area (Å²) in [7, 11) is 0. The van der Waals surface area contributed by atoms with Crippen molar-refractivity contribution < 1.29 is 39.8 Å². The number of hydrogen-bond acceptors (Lipinski definition) is 8. The normalized spacial score (nSPS) is 28.3. The topological polar surface area (TPSA) is 137 Å². The van der Waals surface area contributed by atoms with Crippen LogP contribution in [-0.4, -0.2) is 68.6 Å². The highest BCUT2D eigenvalue weighted by atomic mass is 16.7. The van der Waals surface area contributed by atoms with Gasteiger partial charge >= 0.3 is 0 Å². The van der Waals surface area contributed by atoms with Gasteiger partial charge in [-0.3, -0.25) is 4.79 Å². The summed E-state index contributed by atoms with van der Waals surface area (Å²) >= 11 is 0. The van der Waals surface area contributed by atoms with Crippen molar-refractivity contribution in [1.29, 1.82) is 0 Å². The van der Waals surface area contributed by atoms with Crippen LogP contribution in [-0.2, 0) is 4.74 Å². The molecule has 0 spiro atoms. The number of carbonyl (C=O) groups excluding carboxylic acids is 1. The number of fused-ring (bicyclic) bond motifs is 1. The third kappa shape index (κ3) is 3.38. The van der Waals surface area contributed by atoms with Gasteiger partial charge in [0.2, 0.25) is 6.29 Å². The number of rotatable bonds is 4. The van der Waals surface area contributed by atoms with Gasteiger partial charge in [-0.2, -0.15) is 0 Å². The summed E-state index contributed by atoms with van der Waals surface area (Å²) in [5.41, 5.74) is 0.768. The minimum atomic E-state index is -1.59. The molecule has 1 fully saturated rings. The SMILES string of the molecule is CC(=O)c1c(C)cc2cccc(O[C@H]3O[C@H](CO)[C@@H](O)[C@H](O)[C@H]3O)c2c1O. The van der Waals surface area contributed by atoms with Crippen LogP contribution in [0.1, 0.15) is 22.8 Å². The number of aliphatic hydroxyl groups excluding tert-OH is 4. The first kappa shape index (κ1) is 19.5. The molecule has 3 rings (SSSR count). The monoisotopic (exact) mass is 378 g/mol. The van der Waals surface area contributed by atoms with Crippen LogP contribution in [0.25, 0.3) is 10.8 Å². The van der Waals surface area contributed by atoms with Gasteiger partial charge in [0.15, 0.2) is 5.78 Å². The Morgan fingerprint density at radius 1 is 1.19 bits per heavy atom. The molecule has 0 aliphatic carbocycles. The van der Waals surface area contributed by atoms with Crippen molar-refractivity contribution in [2.75, 3.05) is 6.61 Å². The summed E-state index contributed by atoms with van der Waals surface area (Å²) in [6.07, 6.45) is -7.19. The molecule has 0 amide bonds. The lowest BCUT2D eigenvalue weighted by Gasteiger charge is -2.39. The molecule has 0 saturated carbocycles. The Balaban J connectivity index is 2.04. The van der Waals surface area contributed by atoms with Crippen LogP contribution < -0.4 is 4.74 Å². The van der Waals surface area contributed by atoms with Crippen molar-refractivity contribution in [3.63, 3.8) is 0 Å². The molecule has 8 heteroatoms. The van der Waals surface area contributed by atoms with E-state index in [1.807, 2.05) is 0 Å². The van der Waals surface area contributed by atoms with E-state index in [0.29, 0.717) is 10.9 Å². The van der Waals surface area contributed by atoms with Gasteiger partial charge in [-0.05, 0) is 30.9 Å². The Labute approximate surface area is 155 Å². The zero-order valence-electron chi connectivity index (χ0n) is 14.9. The molecule has 1 saturated heterocycles. The van der Waals surface area contributed by atoms with Gasteiger partial charge in [-0.25, -0.2) is 0 Å². The van der Waals surface area contributed by atoms with Crippen molar-refractivity contribution in [3.05, 3.63) is 35.4 Å². The fourth-order valence-corrected chi connectivity index (χ4v) is 3.37. The molecule has 0 unspecified atom stereocenters. The Bertz CT molecular complexity index is 862. The first-order valence-corrected chi connectivity index (χ1v) is 8.49. The number of aryl methyl sites for hydroxylation is 1. The maximum Gasteiger partial charge on any atom is 0.229 e. The molecule has 8 nitrogen and oxygen atoms in total. The molecule has 5 atom stereocenters. The fraction of sp³-hybridized carbons (Fsp3) is 0.421. The highest BCUT2D eigenvalue weighted by Gasteiger charge is 2.44. The third-order valence-corrected chi connectivity index (χ3v) is 4.74. The Morgan fingerprint density at radius 2 is 1.89 bits per heavy atom. The van der Waals surface area contributed by atoms with Gasteiger partial charge < -0.3 is 35.0 Å². The van der Waals surface area contributed by atoms with Crippen LogP contribution in [0.4, 0.5) is 0 Å². The lowest BCUT2D eigenvalue weighted by molar-refractivity contribution is -0.277. The van der Waals surface area contributed by atoms with Crippen LogP contribution in [0.15, 0.2) is 24.3 Å². The lowest BCUT2D eigenvalue weighted by atomic mass is 9.97. The van der Waals surface area contributed by atoms with E-state index in [4.69, 9.17) is 9.47 Å². The van der Waals surface area contributed by atoms with Gasteiger partial charge in [0, 0.05) is 0 Å². The van der Waals surface area contributed by atoms with Gasteiger partial charge in [-0.1, -0.05) is 18.2 Å². The van der Waals surface area contributed by atoms with Crippen LogP contribution in [0, 0.1) is 6.92 Å². The van der Waals surface area contributed by atoms with Gasteiger partial charge in [0.05, 0.1) is 17.6 Å². The third-order valence-electron chi connectivity index (χ3n) is 4.74. The Morgan fingerprint density at radius 3 is 2.52 bits per heavy atom. The van der Waals surface area contributed by atoms with Gasteiger partial charge in [0.1, 0.15) is 35.9 Å². The molecular formula is C19H22O8. The molecule has 1 heterocycles. The molecular weight excluding hydrogens is 356 g/mol. The highest BCUT2D eigenvalue weighted by Crippen LogP contribution is 2.39. The molecule has 0 bridgehead atoms. The smallest absolute Gasteiger partial charge is 0.229 e. The molecule has 1 aliphatic heterocycles. The summed E-state index contributed by atoms with van der Waals surface area (Å²) in [6.45, 7) is 2.47. The summed E-state index contributed by atoms with van der Waals surface area (Å²) in [6, 6.07) is 6.63. The molecule has 146 valence electrons. The van der Waals surface area contributed by atoms with E-state index in [9.17, 15) is 30.3 Å². The predicted molar refractivity (Wildman–Crippen MR) is 94.7 cm³/mol. The standard InChI is InChI=1S/C19H22O8/c1-8-6-10-4-3-5-11(14(10)16(23)13(8)9(2)21)26-19-18(25)17(24)15(22)12(7-20)27-19/h3-6,12,15,17-20,22-25H,7H2,1-2H3/t12-,15-,17+,18-,19+/m1/s1. The first-order chi connectivity index (χ1) is 12.8. The average molecular weight is 378 g/mol. The number of Topliss-reactive ketones (excluding diaryl/α,β-unsaturated/α-hetero) is 1. The van der Waals surface area contributed by atoms with Crippen LogP contribution in [0.2, 0.25) is 0 Å². The quantitative estimate of drug-likeness (QED) is 0.477. The summed E-state index contributed by atoms with van der Waals surface area (Å²) in [5.74, 6) is -0.441. The van der Waals surface area contributed by atoms with E-state index in [2.05, 4.69) is 0 Å². The second-order valence-corrected chi connectivity index (χ2v) is 6.64. The molecule has 0 radical (unpaired) electrons. The minimum Gasteiger partial charge on any atom is -0.506 e. The van der Waals surface area contributed by atoms with E-state index in [-0.39, 0.29) is 28.2 Å². The second kappa shape index (κ2) is 7.41. The predicted octanol–water partition coefficient (Wildman–Crippen LogP) is 0.235. The van der Waals surface area contributed by atoms with E-state index in [1.54, 1.807) is 25.1 Å². The number of aromatic hydroxyl groups is 1. The number of benzene rings is 2. The van der Waals surface area contributed by atoms with Crippen molar-refractivity contribution in [2.24, 2.45) is 0 Å². The summed E-state index contributed by atoms with van der Waals surface area (Å²) in [4.78, 5) is 11.9. The Hall–Kier alpha value is -2.23. The molecule has 27 heavy (non-hydrogen) atoms. The van der Waals surface area contributed by atoms with Crippen LogP contribution >= 0.6 is 0 Å². The number of carbonyl (C=O) groups is 1. The van der Waals surface area contributed by atoms with Gasteiger partial charge in [0.25, 0.3) is 0 Å². The number of phenolic OH excluding ortho intramolecular Hbond substituents is 1. The lowest BCUT2D eigenvalue weighted by Crippen LogP contribution is -2.60. The zero-order chi connectivity index (χ0) is 19.9. The maximum absolute atomic E-state index is 11.9. The molecule has 2 aromatic rings. The molecule has 0 aromatic heterocycles. The van der Waals surface area contributed by atoms with Crippen molar-refractivity contribution in [3.8, 4) is 11.5 Å². The minimum absolute atomic E-state index is 0.122. The number of ketones is 1. The van der Waals surface area contributed by atoms with Crippen molar-refractivity contribution >= 4 is 16.6 Å². The number of phenols is 1. The summed E-state index contributed by atoms with van der Waals surface area (Å²) in [5, 5.41) is 50.7.